The van der Waals surface area contributed by atoms with Crippen LogP contribution in [0.3, 0.4) is 0 Å². The van der Waals surface area contributed by atoms with E-state index >= 15 is 0 Å². The van der Waals surface area contributed by atoms with E-state index in [1.54, 1.807) is 56.3 Å². The number of anilines is 1. The molecule has 39 heavy (non-hydrogen) atoms. The van der Waals surface area contributed by atoms with Crippen LogP contribution in [0.5, 0.6) is 5.75 Å². The second-order valence-corrected chi connectivity index (χ2v) is 11.4. The maximum absolute atomic E-state index is 13.9. The number of methoxy groups -OCH3 is 1. The summed E-state index contributed by atoms with van der Waals surface area (Å²) >= 11 is 12.2. The molecule has 0 radical (unpaired) electrons. The second kappa shape index (κ2) is 13.7. The third kappa shape index (κ3) is 7.65. The van der Waals surface area contributed by atoms with Crippen molar-refractivity contribution in [2.75, 3.05) is 24.5 Å². The normalized spacial score (nSPS) is 11.9. The van der Waals surface area contributed by atoms with Gasteiger partial charge in [0, 0.05) is 23.1 Å². The Morgan fingerprint density at radius 1 is 0.949 bits per heavy atom. The molecule has 208 valence electrons. The van der Waals surface area contributed by atoms with Crippen LogP contribution in [0.4, 0.5) is 5.69 Å². The van der Waals surface area contributed by atoms with E-state index in [9.17, 15) is 18.0 Å². The Balaban J connectivity index is 2.05. The Morgan fingerprint density at radius 3 is 2.18 bits per heavy atom. The first-order chi connectivity index (χ1) is 18.6. The standard InChI is InChI=1S/C28H31Cl2N3O5S/c1-4-26(28(35)31-5-2)32(18-20-9-11-21(29)12-10-20)27(34)19-33(23-8-6-7-22(30)17-23)39(36,37)25-15-13-24(38-3)14-16-25/h6-17,26H,4-5,18-19H2,1-3H3,(H,31,35)/t26-/m0/s1. The lowest BCUT2D eigenvalue weighted by Crippen LogP contribution is -2.52. The number of ether oxygens (including phenoxy) is 1. The molecule has 0 aliphatic rings. The first-order valence-electron chi connectivity index (χ1n) is 12.3. The van der Waals surface area contributed by atoms with Crippen molar-refractivity contribution in [2.24, 2.45) is 0 Å². The highest BCUT2D eigenvalue weighted by molar-refractivity contribution is 7.92. The van der Waals surface area contributed by atoms with Crippen LogP contribution >= 0.6 is 23.2 Å². The number of nitrogens with one attached hydrogen (secondary N) is 1. The van der Waals surface area contributed by atoms with E-state index < -0.39 is 28.5 Å². The molecule has 2 amide bonds. The van der Waals surface area contributed by atoms with Gasteiger partial charge in [-0.05, 0) is 73.5 Å². The van der Waals surface area contributed by atoms with Crippen molar-refractivity contribution in [3.63, 3.8) is 0 Å². The number of hydrogen-bond donors (Lipinski definition) is 1. The molecule has 1 atom stereocenters. The zero-order valence-electron chi connectivity index (χ0n) is 21.9. The molecule has 11 heteroatoms. The Bertz CT molecular complexity index is 1380. The largest absolute Gasteiger partial charge is 0.497 e. The van der Waals surface area contributed by atoms with Gasteiger partial charge in [-0.2, -0.15) is 0 Å². The summed E-state index contributed by atoms with van der Waals surface area (Å²) in [5.74, 6) is -0.393. The lowest BCUT2D eigenvalue weighted by molar-refractivity contribution is -0.140. The van der Waals surface area contributed by atoms with Crippen LogP contribution in [0.15, 0.2) is 77.7 Å². The number of hydrogen-bond acceptors (Lipinski definition) is 5. The summed E-state index contributed by atoms with van der Waals surface area (Å²) in [5.41, 5.74) is 0.951. The van der Waals surface area contributed by atoms with Gasteiger partial charge in [-0.3, -0.25) is 13.9 Å². The van der Waals surface area contributed by atoms with Gasteiger partial charge in [-0.25, -0.2) is 8.42 Å². The summed E-state index contributed by atoms with van der Waals surface area (Å²) in [6.07, 6.45) is 0.327. The van der Waals surface area contributed by atoms with Crippen LogP contribution < -0.4 is 14.4 Å². The Labute approximate surface area is 239 Å². The lowest BCUT2D eigenvalue weighted by Gasteiger charge is -2.33. The molecule has 0 aliphatic carbocycles. The van der Waals surface area contributed by atoms with Crippen LogP contribution in [0.25, 0.3) is 0 Å². The first-order valence-corrected chi connectivity index (χ1v) is 14.5. The van der Waals surface area contributed by atoms with Crippen molar-refractivity contribution in [3.05, 3.63) is 88.4 Å². The molecule has 0 aliphatic heterocycles. The number of benzene rings is 3. The zero-order chi connectivity index (χ0) is 28.6. The van der Waals surface area contributed by atoms with E-state index in [4.69, 9.17) is 27.9 Å². The number of carbonyl (C=O) groups excluding carboxylic acids is 2. The highest BCUT2D eigenvalue weighted by atomic mass is 35.5. The number of rotatable bonds is 12. The van der Waals surface area contributed by atoms with Gasteiger partial charge in [0.25, 0.3) is 10.0 Å². The predicted octanol–water partition coefficient (Wildman–Crippen LogP) is 5.14. The molecular weight excluding hydrogens is 561 g/mol. The van der Waals surface area contributed by atoms with Gasteiger partial charge < -0.3 is 15.0 Å². The average Bonchev–Trinajstić information content (AvgIpc) is 2.92. The third-order valence-corrected chi connectivity index (χ3v) is 8.30. The van der Waals surface area contributed by atoms with E-state index in [0.29, 0.717) is 28.8 Å². The quantitative estimate of drug-likeness (QED) is 0.314. The maximum atomic E-state index is 13.9. The van der Waals surface area contributed by atoms with E-state index in [2.05, 4.69) is 5.32 Å². The molecule has 3 aromatic rings. The van der Waals surface area contributed by atoms with Gasteiger partial charge in [0.2, 0.25) is 11.8 Å². The molecular formula is C28H31Cl2N3O5S. The van der Waals surface area contributed by atoms with Crippen molar-refractivity contribution in [2.45, 2.75) is 37.8 Å². The molecule has 1 N–H and O–H groups in total. The number of nitrogens with zero attached hydrogens (tertiary/aromatic N) is 2. The average molecular weight is 593 g/mol. The second-order valence-electron chi connectivity index (χ2n) is 8.63. The van der Waals surface area contributed by atoms with Gasteiger partial charge in [0.15, 0.2) is 0 Å². The van der Waals surface area contributed by atoms with Gasteiger partial charge >= 0.3 is 0 Å². The topological polar surface area (TPSA) is 96.0 Å². The van der Waals surface area contributed by atoms with E-state index in [-0.39, 0.29) is 23.0 Å². The van der Waals surface area contributed by atoms with Crippen LogP contribution in [0.2, 0.25) is 10.0 Å². The molecule has 8 nitrogen and oxygen atoms in total. The summed E-state index contributed by atoms with van der Waals surface area (Å²) in [4.78, 5) is 28.3. The Morgan fingerprint density at radius 2 is 1.62 bits per heavy atom. The number of sulfonamides is 1. The van der Waals surface area contributed by atoms with Crippen LogP contribution in [0.1, 0.15) is 25.8 Å². The number of likely N-dealkylation sites (N-methyl/N-ethyl adjacent to an activating group) is 1. The maximum Gasteiger partial charge on any atom is 0.264 e. The molecule has 0 fully saturated rings. The SMILES string of the molecule is CCNC(=O)[C@H](CC)N(Cc1ccc(Cl)cc1)C(=O)CN(c1cccc(Cl)c1)S(=O)(=O)c1ccc(OC)cc1. The van der Waals surface area contributed by atoms with Crippen LogP contribution in [0, 0.1) is 0 Å². The first kappa shape index (κ1) is 30.3. The molecule has 0 heterocycles. The monoisotopic (exact) mass is 591 g/mol. The van der Waals surface area contributed by atoms with Gasteiger partial charge in [-0.15, -0.1) is 0 Å². The molecule has 3 rings (SSSR count). The zero-order valence-corrected chi connectivity index (χ0v) is 24.3. The Hall–Kier alpha value is -3.27. The van der Waals surface area contributed by atoms with E-state index in [1.807, 2.05) is 0 Å². The molecule has 3 aromatic carbocycles. The van der Waals surface area contributed by atoms with Crippen molar-refractivity contribution < 1.29 is 22.7 Å². The summed E-state index contributed by atoms with van der Waals surface area (Å²) in [6, 6.07) is 18.2. The molecule has 0 unspecified atom stereocenters. The molecule has 0 bridgehead atoms. The van der Waals surface area contributed by atoms with Crippen molar-refractivity contribution in [1.82, 2.24) is 10.2 Å². The van der Waals surface area contributed by atoms with E-state index in [0.717, 1.165) is 9.87 Å². The van der Waals surface area contributed by atoms with Gasteiger partial charge in [0.1, 0.15) is 18.3 Å². The fourth-order valence-corrected chi connectivity index (χ4v) is 5.75. The fraction of sp³-hybridized carbons (Fsp3) is 0.286. The highest BCUT2D eigenvalue weighted by Crippen LogP contribution is 2.28. The minimum absolute atomic E-state index is 0.0314. The summed E-state index contributed by atoms with van der Waals surface area (Å²) < 4.78 is 33.9. The van der Waals surface area contributed by atoms with Crippen LogP contribution in [-0.2, 0) is 26.2 Å². The van der Waals surface area contributed by atoms with E-state index in [1.165, 1.54) is 42.3 Å². The lowest BCUT2D eigenvalue weighted by atomic mass is 10.1. The van der Waals surface area contributed by atoms with Crippen molar-refractivity contribution in [3.8, 4) is 5.75 Å². The smallest absolute Gasteiger partial charge is 0.264 e. The summed E-state index contributed by atoms with van der Waals surface area (Å²) in [6.45, 7) is 3.50. The molecule has 0 saturated heterocycles. The minimum atomic E-state index is -4.21. The fourth-order valence-electron chi connectivity index (χ4n) is 4.03. The third-order valence-electron chi connectivity index (χ3n) is 6.03. The van der Waals surface area contributed by atoms with Crippen LogP contribution in [-0.4, -0.2) is 51.4 Å². The molecule has 0 aromatic heterocycles. The molecule has 0 spiro atoms. The van der Waals surface area contributed by atoms with Gasteiger partial charge in [-0.1, -0.05) is 48.3 Å². The Kier molecular flexibility index (Phi) is 10.6. The summed E-state index contributed by atoms with van der Waals surface area (Å²) in [7, 11) is -2.73. The number of carbonyl (C=O) groups is 2. The minimum Gasteiger partial charge on any atom is -0.497 e. The number of halogens is 2. The summed E-state index contributed by atoms with van der Waals surface area (Å²) in [5, 5.41) is 3.61. The predicted molar refractivity (Wildman–Crippen MR) is 154 cm³/mol. The van der Waals surface area contributed by atoms with Crippen molar-refractivity contribution >= 4 is 50.7 Å². The van der Waals surface area contributed by atoms with Gasteiger partial charge in [0.05, 0.1) is 17.7 Å². The van der Waals surface area contributed by atoms with Crippen molar-refractivity contribution in [1.29, 1.82) is 0 Å². The number of amides is 2. The highest BCUT2D eigenvalue weighted by Gasteiger charge is 2.33. The molecule has 0 saturated carbocycles.